The highest BCUT2D eigenvalue weighted by atomic mass is 16.5. The molecule has 1 amide bonds. The maximum absolute atomic E-state index is 12.1. The Kier molecular flexibility index (Phi) is 4.93. The summed E-state index contributed by atoms with van der Waals surface area (Å²) in [7, 11) is 0. The lowest BCUT2D eigenvalue weighted by Gasteiger charge is -2.09. The van der Waals surface area contributed by atoms with Gasteiger partial charge in [0.1, 0.15) is 0 Å². The number of aromatic nitrogens is 1. The molecule has 2 aromatic rings. The van der Waals surface area contributed by atoms with E-state index < -0.39 is 0 Å². The summed E-state index contributed by atoms with van der Waals surface area (Å²) in [6.07, 6.45) is 1.53. The van der Waals surface area contributed by atoms with Gasteiger partial charge in [0, 0.05) is 18.0 Å². The van der Waals surface area contributed by atoms with Gasteiger partial charge in [0.15, 0.2) is 0 Å². The smallest absolute Gasteiger partial charge is 0.257 e. The summed E-state index contributed by atoms with van der Waals surface area (Å²) in [4.78, 5) is 16.3. The monoisotopic (exact) mass is 284 g/mol. The molecular formula is C17H20N2O2. The van der Waals surface area contributed by atoms with Crippen LogP contribution in [0.15, 0.2) is 42.6 Å². The van der Waals surface area contributed by atoms with E-state index in [1.807, 2.05) is 31.2 Å². The summed E-state index contributed by atoms with van der Waals surface area (Å²) in [5, 5.41) is 2.85. The van der Waals surface area contributed by atoms with Crippen LogP contribution in [-0.2, 0) is 0 Å². The van der Waals surface area contributed by atoms with E-state index in [4.69, 9.17) is 4.74 Å². The molecule has 0 saturated carbocycles. The van der Waals surface area contributed by atoms with Crippen LogP contribution in [0.3, 0.4) is 0 Å². The van der Waals surface area contributed by atoms with Crippen LogP contribution in [0, 0.1) is 12.8 Å². The fourth-order valence-electron chi connectivity index (χ4n) is 1.78. The molecule has 1 N–H and O–H groups in total. The molecule has 110 valence electrons. The number of pyridine rings is 1. The number of anilines is 1. The maximum atomic E-state index is 12.1. The van der Waals surface area contributed by atoms with Gasteiger partial charge < -0.3 is 10.1 Å². The fourth-order valence-corrected chi connectivity index (χ4v) is 1.78. The second-order valence-electron chi connectivity index (χ2n) is 5.41. The van der Waals surface area contributed by atoms with Gasteiger partial charge in [-0.3, -0.25) is 4.79 Å². The van der Waals surface area contributed by atoms with Gasteiger partial charge in [-0.2, -0.15) is 0 Å². The number of aryl methyl sites for hydroxylation is 1. The van der Waals surface area contributed by atoms with Crippen LogP contribution in [0.4, 0.5) is 5.69 Å². The number of hydrogen-bond acceptors (Lipinski definition) is 3. The molecule has 0 aliphatic heterocycles. The van der Waals surface area contributed by atoms with Gasteiger partial charge in [-0.1, -0.05) is 26.0 Å². The Morgan fingerprint density at radius 2 is 2.10 bits per heavy atom. The number of nitrogens with zero attached hydrogens (tertiary/aromatic N) is 1. The van der Waals surface area contributed by atoms with Crippen LogP contribution in [-0.4, -0.2) is 17.5 Å². The van der Waals surface area contributed by atoms with Crippen molar-refractivity contribution in [1.82, 2.24) is 4.98 Å². The van der Waals surface area contributed by atoms with Crippen molar-refractivity contribution < 1.29 is 9.53 Å². The largest absolute Gasteiger partial charge is 0.477 e. The SMILES string of the molecule is Cc1cccc(NC(=O)c2ccc(OCC(C)C)nc2)c1. The first-order chi connectivity index (χ1) is 10.0. The zero-order valence-corrected chi connectivity index (χ0v) is 12.6. The van der Waals surface area contributed by atoms with E-state index in [1.54, 1.807) is 12.1 Å². The third-order valence-electron chi connectivity index (χ3n) is 2.84. The van der Waals surface area contributed by atoms with Crippen LogP contribution < -0.4 is 10.1 Å². The molecule has 0 bridgehead atoms. The summed E-state index contributed by atoms with van der Waals surface area (Å²) in [6, 6.07) is 11.1. The fraction of sp³-hybridized carbons (Fsp3) is 0.294. The van der Waals surface area contributed by atoms with Gasteiger partial charge in [0.2, 0.25) is 5.88 Å². The molecule has 21 heavy (non-hydrogen) atoms. The highest BCUT2D eigenvalue weighted by molar-refractivity contribution is 6.04. The average Bonchev–Trinajstić information content (AvgIpc) is 2.45. The third kappa shape index (κ3) is 4.60. The van der Waals surface area contributed by atoms with E-state index in [0.29, 0.717) is 24.0 Å². The standard InChI is InChI=1S/C17H20N2O2/c1-12(2)11-21-16-8-7-14(10-18-16)17(20)19-15-6-4-5-13(3)9-15/h4-10,12H,11H2,1-3H3,(H,19,20). The Hall–Kier alpha value is -2.36. The molecule has 0 aliphatic carbocycles. The zero-order valence-electron chi connectivity index (χ0n) is 12.6. The Bertz CT molecular complexity index is 606. The molecule has 0 saturated heterocycles. The Morgan fingerprint density at radius 3 is 2.71 bits per heavy atom. The van der Waals surface area contributed by atoms with Crippen LogP contribution >= 0.6 is 0 Å². The normalized spacial score (nSPS) is 10.5. The second-order valence-corrected chi connectivity index (χ2v) is 5.41. The molecule has 0 aliphatic rings. The summed E-state index contributed by atoms with van der Waals surface area (Å²) in [5.41, 5.74) is 2.39. The van der Waals surface area contributed by atoms with Crippen molar-refractivity contribution in [2.75, 3.05) is 11.9 Å². The quantitative estimate of drug-likeness (QED) is 0.911. The van der Waals surface area contributed by atoms with Crippen molar-refractivity contribution in [3.63, 3.8) is 0 Å². The lowest BCUT2D eigenvalue weighted by Crippen LogP contribution is -2.12. The van der Waals surface area contributed by atoms with Gasteiger partial charge >= 0.3 is 0 Å². The molecule has 4 heteroatoms. The number of rotatable bonds is 5. The van der Waals surface area contributed by atoms with Crippen LogP contribution in [0.5, 0.6) is 5.88 Å². The zero-order chi connectivity index (χ0) is 15.2. The number of ether oxygens (including phenoxy) is 1. The summed E-state index contributed by atoms with van der Waals surface area (Å²) >= 11 is 0. The minimum atomic E-state index is -0.177. The molecule has 2 rings (SSSR count). The number of carbonyl (C=O) groups is 1. The number of benzene rings is 1. The average molecular weight is 284 g/mol. The van der Waals surface area contributed by atoms with Crippen molar-refractivity contribution in [2.45, 2.75) is 20.8 Å². The van der Waals surface area contributed by atoms with Crippen LogP contribution in [0.2, 0.25) is 0 Å². The van der Waals surface area contributed by atoms with Crippen LogP contribution in [0.1, 0.15) is 29.8 Å². The Labute approximate surface area is 125 Å². The predicted molar refractivity (Wildman–Crippen MR) is 83.7 cm³/mol. The van der Waals surface area contributed by atoms with Crippen molar-refractivity contribution in [3.8, 4) is 5.88 Å². The van der Waals surface area contributed by atoms with E-state index in [-0.39, 0.29) is 5.91 Å². The van der Waals surface area contributed by atoms with Crippen LogP contribution in [0.25, 0.3) is 0 Å². The molecule has 1 aromatic carbocycles. The summed E-state index contributed by atoms with van der Waals surface area (Å²) < 4.78 is 5.49. The van der Waals surface area contributed by atoms with E-state index in [2.05, 4.69) is 24.1 Å². The molecule has 0 atom stereocenters. The Morgan fingerprint density at radius 1 is 1.29 bits per heavy atom. The second kappa shape index (κ2) is 6.88. The number of amides is 1. The number of hydrogen-bond donors (Lipinski definition) is 1. The van der Waals surface area contributed by atoms with E-state index in [9.17, 15) is 4.79 Å². The summed E-state index contributed by atoms with van der Waals surface area (Å²) in [6.45, 7) is 6.74. The van der Waals surface area contributed by atoms with Crippen molar-refractivity contribution in [3.05, 3.63) is 53.7 Å². The first-order valence-corrected chi connectivity index (χ1v) is 7.01. The van der Waals surface area contributed by atoms with Crippen molar-refractivity contribution >= 4 is 11.6 Å². The molecule has 0 unspecified atom stereocenters. The molecule has 4 nitrogen and oxygen atoms in total. The van der Waals surface area contributed by atoms with Gasteiger partial charge in [-0.15, -0.1) is 0 Å². The van der Waals surface area contributed by atoms with Gasteiger partial charge in [0.25, 0.3) is 5.91 Å². The minimum absolute atomic E-state index is 0.177. The van der Waals surface area contributed by atoms with Gasteiger partial charge in [0.05, 0.1) is 12.2 Å². The van der Waals surface area contributed by atoms with E-state index in [0.717, 1.165) is 11.3 Å². The number of nitrogens with one attached hydrogen (secondary N) is 1. The lowest BCUT2D eigenvalue weighted by atomic mass is 10.2. The molecule has 0 radical (unpaired) electrons. The van der Waals surface area contributed by atoms with Gasteiger partial charge in [-0.25, -0.2) is 4.98 Å². The minimum Gasteiger partial charge on any atom is -0.477 e. The first-order valence-electron chi connectivity index (χ1n) is 7.01. The Balaban J connectivity index is 1.99. The highest BCUT2D eigenvalue weighted by Gasteiger charge is 2.07. The highest BCUT2D eigenvalue weighted by Crippen LogP contribution is 2.13. The third-order valence-corrected chi connectivity index (χ3v) is 2.84. The lowest BCUT2D eigenvalue weighted by molar-refractivity contribution is 0.102. The molecule has 0 fully saturated rings. The molecule has 0 spiro atoms. The summed E-state index contributed by atoms with van der Waals surface area (Å²) in [5.74, 6) is 0.801. The maximum Gasteiger partial charge on any atom is 0.257 e. The topological polar surface area (TPSA) is 51.2 Å². The predicted octanol–water partition coefficient (Wildman–Crippen LogP) is 3.68. The van der Waals surface area contributed by atoms with Gasteiger partial charge in [-0.05, 0) is 36.6 Å². The molecular weight excluding hydrogens is 264 g/mol. The van der Waals surface area contributed by atoms with Crippen molar-refractivity contribution in [1.29, 1.82) is 0 Å². The first kappa shape index (κ1) is 15.0. The van der Waals surface area contributed by atoms with E-state index >= 15 is 0 Å². The number of carbonyl (C=O) groups excluding carboxylic acids is 1. The molecule has 1 aromatic heterocycles. The van der Waals surface area contributed by atoms with E-state index in [1.165, 1.54) is 6.20 Å². The van der Waals surface area contributed by atoms with Crippen molar-refractivity contribution in [2.24, 2.45) is 5.92 Å². The molecule has 1 heterocycles.